The second-order valence-electron chi connectivity index (χ2n) is 5.28. The Hall–Kier alpha value is -0.870. The van der Waals surface area contributed by atoms with Crippen molar-refractivity contribution in [1.29, 1.82) is 0 Å². The Labute approximate surface area is 128 Å². The van der Waals surface area contributed by atoms with Crippen LogP contribution < -0.4 is 5.32 Å². The van der Waals surface area contributed by atoms with Crippen LogP contribution in [0, 0.1) is 3.57 Å². The first-order valence-corrected chi connectivity index (χ1v) is 7.88. The second kappa shape index (κ2) is 5.63. The van der Waals surface area contributed by atoms with Gasteiger partial charge in [0.1, 0.15) is 0 Å². The molecule has 0 saturated heterocycles. The summed E-state index contributed by atoms with van der Waals surface area (Å²) in [7, 11) is 0. The van der Waals surface area contributed by atoms with Crippen molar-refractivity contribution >= 4 is 22.6 Å². The monoisotopic (exact) mass is 363 g/mol. The van der Waals surface area contributed by atoms with Gasteiger partial charge in [0.25, 0.3) is 0 Å². The van der Waals surface area contributed by atoms with Gasteiger partial charge in [-0.2, -0.15) is 0 Å². The minimum absolute atomic E-state index is 0.421. The SMILES string of the molecule is CC(NCC1Cc2ccccc21)c1ccc(I)cc1. The van der Waals surface area contributed by atoms with E-state index in [1.165, 1.54) is 26.7 Å². The molecule has 0 aliphatic heterocycles. The molecule has 0 saturated carbocycles. The molecular weight excluding hydrogens is 345 g/mol. The van der Waals surface area contributed by atoms with Gasteiger partial charge < -0.3 is 5.32 Å². The molecule has 1 aliphatic rings. The van der Waals surface area contributed by atoms with Crippen LogP contribution in [0.25, 0.3) is 0 Å². The number of rotatable bonds is 4. The minimum Gasteiger partial charge on any atom is -0.310 e. The van der Waals surface area contributed by atoms with E-state index in [1.807, 2.05) is 0 Å². The predicted octanol–water partition coefficient (Wildman–Crippen LogP) is 4.28. The molecule has 1 N–H and O–H groups in total. The summed E-state index contributed by atoms with van der Waals surface area (Å²) in [6.45, 7) is 3.32. The highest BCUT2D eigenvalue weighted by molar-refractivity contribution is 14.1. The fourth-order valence-corrected chi connectivity index (χ4v) is 3.09. The van der Waals surface area contributed by atoms with Crippen molar-refractivity contribution in [2.75, 3.05) is 6.54 Å². The van der Waals surface area contributed by atoms with E-state index in [4.69, 9.17) is 0 Å². The normalized spacial score (nSPS) is 18.5. The van der Waals surface area contributed by atoms with Gasteiger partial charge in [0.2, 0.25) is 0 Å². The number of halogens is 1. The van der Waals surface area contributed by atoms with Gasteiger partial charge in [-0.1, -0.05) is 36.4 Å². The summed E-state index contributed by atoms with van der Waals surface area (Å²) in [5.74, 6) is 0.697. The van der Waals surface area contributed by atoms with Crippen molar-refractivity contribution < 1.29 is 0 Å². The Morgan fingerprint density at radius 2 is 1.89 bits per heavy atom. The van der Waals surface area contributed by atoms with Crippen molar-refractivity contribution in [2.45, 2.75) is 25.3 Å². The molecule has 98 valence electrons. The first-order valence-electron chi connectivity index (χ1n) is 6.80. The smallest absolute Gasteiger partial charge is 0.0292 e. The fraction of sp³-hybridized carbons (Fsp3) is 0.294. The number of benzene rings is 2. The number of fused-ring (bicyclic) bond motifs is 1. The van der Waals surface area contributed by atoms with Gasteiger partial charge in [-0.15, -0.1) is 0 Å². The highest BCUT2D eigenvalue weighted by atomic mass is 127. The Morgan fingerprint density at radius 3 is 2.63 bits per heavy atom. The molecule has 2 atom stereocenters. The van der Waals surface area contributed by atoms with Crippen molar-refractivity contribution in [2.24, 2.45) is 0 Å². The molecule has 2 aromatic carbocycles. The van der Waals surface area contributed by atoms with E-state index < -0.39 is 0 Å². The Balaban J connectivity index is 1.57. The molecule has 2 unspecified atom stereocenters. The fourth-order valence-electron chi connectivity index (χ4n) is 2.73. The average molecular weight is 363 g/mol. The van der Waals surface area contributed by atoms with E-state index in [1.54, 1.807) is 0 Å². The molecule has 2 aromatic rings. The first kappa shape index (κ1) is 13.1. The van der Waals surface area contributed by atoms with E-state index in [0.29, 0.717) is 12.0 Å². The lowest BCUT2D eigenvalue weighted by Gasteiger charge is -2.31. The van der Waals surface area contributed by atoms with Crippen LogP contribution in [-0.2, 0) is 6.42 Å². The molecule has 0 radical (unpaired) electrons. The summed E-state index contributed by atoms with van der Waals surface area (Å²) >= 11 is 2.35. The van der Waals surface area contributed by atoms with E-state index >= 15 is 0 Å². The summed E-state index contributed by atoms with van der Waals surface area (Å²) in [6.07, 6.45) is 1.22. The third-order valence-corrected chi connectivity index (χ3v) is 4.72. The van der Waals surface area contributed by atoms with Crippen LogP contribution in [0.1, 0.15) is 35.6 Å². The topological polar surface area (TPSA) is 12.0 Å². The summed E-state index contributed by atoms with van der Waals surface area (Å²) < 4.78 is 1.29. The molecule has 0 aromatic heterocycles. The van der Waals surface area contributed by atoms with Crippen LogP contribution in [-0.4, -0.2) is 6.54 Å². The van der Waals surface area contributed by atoms with Crippen molar-refractivity contribution in [1.82, 2.24) is 5.32 Å². The van der Waals surface area contributed by atoms with E-state index in [0.717, 1.165) is 6.54 Å². The molecule has 19 heavy (non-hydrogen) atoms. The van der Waals surface area contributed by atoms with Gasteiger partial charge in [-0.05, 0) is 64.8 Å². The summed E-state index contributed by atoms with van der Waals surface area (Å²) in [5.41, 5.74) is 4.43. The molecule has 0 fully saturated rings. The van der Waals surface area contributed by atoms with Gasteiger partial charge in [0, 0.05) is 22.1 Å². The van der Waals surface area contributed by atoms with Crippen LogP contribution in [0.3, 0.4) is 0 Å². The van der Waals surface area contributed by atoms with Gasteiger partial charge in [-0.25, -0.2) is 0 Å². The van der Waals surface area contributed by atoms with E-state index in [9.17, 15) is 0 Å². The summed E-state index contributed by atoms with van der Waals surface area (Å²) in [5, 5.41) is 3.66. The maximum absolute atomic E-state index is 3.66. The van der Waals surface area contributed by atoms with Gasteiger partial charge in [-0.3, -0.25) is 0 Å². The number of hydrogen-bond donors (Lipinski definition) is 1. The maximum Gasteiger partial charge on any atom is 0.0292 e. The van der Waals surface area contributed by atoms with Crippen LogP contribution >= 0.6 is 22.6 Å². The zero-order chi connectivity index (χ0) is 13.2. The van der Waals surface area contributed by atoms with E-state index in [2.05, 4.69) is 83.4 Å². The van der Waals surface area contributed by atoms with Crippen LogP contribution in [0.2, 0.25) is 0 Å². The molecule has 0 amide bonds. The lowest BCUT2D eigenvalue weighted by atomic mass is 9.77. The van der Waals surface area contributed by atoms with Gasteiger partial charge in [0.05, 0.1) is 0 Å². The zero-order valence-electron chi connectivity index (χ0n) is 11.1. The van der Waals surface area contributed by atoms with E-state index in [-0.39, 0.29) is 0 Å². The van der Waals surface area contributed by atoms with Crippen LogP contribution in [0.5, 0.6) is 0 Å². The molecule has 2 heteroatoms. The quantitative estimate of drug-likeness (QED) is 0.800. The lowest BCUT2D eigenvalue weighted by molar-refractivity contribution is 0.489. The zero-order valence-corrected chi connectivity index (χ0v) is 13.2. The summed E-state index contributed by atoms with van der Waals surface area (Å²) in [4.78, 5) is 0. The highest BCUT2D eigenvalue weighted by Gasteiger charge is 2.25. The second-order valence-corrected chi connectivity index (χ2v) is 6.53. The average Bonchev–Trinajstić information content (AvgIpc) is 2.40. The predicted molar refractivity (Wildman–Crippen MR) is 88.5 cm³/mol. The van der Waals surface area contributed by atoms with Crippen LogP contribution in [0.4, 0.5) is 0 Å². The first-order chi connectivity index (χ1) is 9.24. The lowest BCUT2D eigenvalue weighted by Crippen LogP contribution is -2.30. The number of nitrogens with one attached hydrogen (secondary N) is 1. The Kier molecular flexibility index (Phi) is 3.89. The standard InChI is InChI=1S/C17H18IN/c1-12(13-6-8-16(18)9-7-13)19-11-15-10-14-4-2-3-5-17(14)15/h2-9,12,15,19H,10-11H2,1H3. The largest absolute Gasteiger partial charge is 0.310 e. The Morgan fingerprint density at radius 1 is 1.16 bits per heavy atom. The maximum atomic E-state index is 3.66. The molecular formula is C17H18IN. The number of hydrogen-bond acceptors (Lipinski definition) is 1. The molecule has 0 heterocycles. The molecule has 0 spiro atoms. The van der Waals surface area contributed by atoms with Crippen molar-refractivity contribution in [3.05, 3.63) is 68.8 Å². The minimum atomic E-state index is 0.421. The molecule has 1 aliphatic carbocycles. The highest BCUT2D eigenvalue weighted by Crippen LogP contribution is 2.34. The Bertz CT molecular complexity index is 562. The molecule has 0 bridgehead atoms. The van der Waals surface area contributed by atoms with Crippen LogP contribution in [0.15, 0.2) is 48.5 Å². The molecule has 3 rings (SSSR count). The van der Waals surface area contributed by atoms with Crippen molar-refractivity contribution in [3.8, 4) is 0 Å². The third kappa shape index (κ3) is 2.84. The van der Waals surface area contributed by atoms with Gasteiger partial charge in [0.15, 0.2) is 0 Å². The van der Waals surface area contributed by atoms with Crippen molar-refractivity contribution in [3.63, 3.8) is 0 Å². The third-order valence-electron chi connectivity index (χ3n) is 4.00. The van der Waals surface area contributed by atoms with Gasteiger partial charge >= 0.3 is 0 Å². The molecule has 1 nitrogen and oxygen atoms in total. The summed E-state index contributed by atoms with van der Waals surface area (Å²) in [6, 6.07) is 18.0.